The van der Waals surface area contributed by atoms with E-state index in [4.69, 9.17) is 14.7 Å². The predicted molar refractivity (Wildman–Crippen MR) is 226 cm³/mol. The molecule has 0 aliphatic heterocycles. The van der Waals surface area contributed by atoms with E-state index in [0.717, 1.165) is 44.3 Å². The number of aromatic nitrogens is 6. The highest BCUT2D eigenvalue weighted by molar-refractivity contribution is 5.90. The van der Waals surface area contributed by atoms with E-state index in [1.54, 1.807) is 9.13 Å². The molecule has 4 aromatic heterocycles. The van der Waals surface area contributed by atoms with Gasteiger partial charge in [-0.25, -0.2) is 9.97 Å². The number of imidazole rings is 2. The second-order valence-electron chi connectivity index (χ2n) is 13.9. The maximum atomic E-state index is 14.6. The summed E-state index contributed by atoms with van der Waals surface area (Å²) in [6.45, 7) is 1.14. The molecule has 0 spiro atoms. The summed E-state index contributed by atoms with van der Waals surface area (Å²) in [5, 5.41) is 0. The van der Waals surface area contributed by atoms with Crippen molar-refractivity contribution in [1.82, 2.24) is 27.9 Å². The van der Waals surface area contributed by atoms with E-state index in [1.165, 1.54) is 0 Å². The number of fused-ring (bicyclic) bond motifs is 6. The Labute approximate surface area is 327 Å². The van der Waals surface area contributed by atoms with Crippen LogP contribution in [0, 0.1) is 0 Å². The molecular weight excluding hydrogens is 709 g/mol. The predicted octanol–water partition coefficient (Wildman–Crippen LogP) is 9.00. The number of nitrogens with zero attached hydrogens (tertiary/aromatic N) is 6. The highest BCUT2D eigenvalue weighted by Crippen LogP contribution is 2.33. The van der Waals surface area contributed by atoms with Crippen LogP contribution in [0.5, 0.6) is 0 Å². The summed E-state index contributed by atoms with van der Waals surface area (Å²) >= 11 is 0. The first kappa shape index (κ1) is 34.2. The van der Waals surface area contributed by atoms with Gasteiger partial charge in [-0.1, -0.05) is 146 Å². The Morgan fingerprint density at radius 1 is 0.386 bits per heavy atom. The van der Waals surface area contributed by atoms with E-state index >= 15 is 0 Å². The first-order valence-electron chi connectivity index (χ1n) is 19.0. The molecule has 9 heteroatoms. The number of para-hydroxylation sites is 4. The molecule has 0 aliphatic carbocycles. The van der Waals surface area contributed by atoms with E-state index in [0.29, 0.717) is 47.2 Å². The summed E-state index contributed by atoms with van der Waals surface area (Å²) in [7, 11) is 0. The number of ether oxygens (including phenoxy) is 1. The van der Waals surface area contributed by atoms with E-state index < -0.39 is 0 Å². The van der Waals surface area contributed by atoms with Crippen molar-refractivity contribution in [3.63, 3.8) is 0 Å². The summed E-state index contributed by atoms with van der Waals surface area (Å²) in [6.07, 6.45) is 0. The molecular formula is C48H36N6O3. The first-order chi connectivity index (χ1) is 28.2. The maximum Gasteiger partial charge on any atom is 0.277 e. The molecule has 0 saturated heterocycles. The second-order valence-corrected chi connectivity index (χ2v) is 13.9. The van der Waals surface area contributed by atoms with Crippen LogP contribution in [-0.4, -0.2) is 41.1 Å². The van der Waals surface area contributed by atoms with E-state index in [1.807, 2.05) is 179 Å². The van der Waals surface area contributed by atoms with Crippen molar-refractivity contribution in [2.24, 2.45) is 0 Å². The molecule has 10 aromatic rings. The molecule has 10 rings (SSSR count). The zero-order valence-corrected chi connectivity index (χ0v) is 30.9. The topological polar surface area (TPSA) is 87.8 Å². The maximum absolute atomic E-state index is 14.6. The molecule has 9 nitrogen and oxygen atoms in total. The third-order valence-corrected chi connectivity index (χ3v) is 10.6. The smallest absolute Gasteiger partial charge is 0.277 e. The van der Waals surface area contributed by atoms with Crippen LogP contribution in [0.3, 0.4) is 0 Å². The average molecular weight is 745 g/mol. The van der Waals surface area contributed by atoms with Gasteiger partial charge in [-0.2, -0.15) is 0 Å². The third-order valence-electron chi connectivity index (χ3n) is 10.6. The lowest BCUT2D eigenvalue weighted by molar-refractivity contribution is 0.119. The Morgan fingerprint density at radius 2 is 0.702 bits per heavy atom. The van der Waals surface area contributed by atoms with Crippen LogP contribution in [0.25, 0.3) is 78.4 Å². The molecule has 0 fully saturated rings. The molecule has 276 valence electrons. The van der Waals surface area contributed by atoms with Gasteiger partial charge >= 0.3 is 0 Å². The minimum absolute atomic E-state index is 0.151. The molecule has 0 bridgehead atoms. The van der Waals surface area contributed by atoms with Gasteiger partial charge in [0, 0.05) is 35.3 Å². The standard InChI is InChI=1S/C48H36N6O3/c55-47-43-41(33-17-5-1-6-18-33)49-45(35-21-9-3-10-22-35)53(43)39-27-15-13-25-37(39)51(47)29-31-57-32-30-52-38-26-14-16-28-40(38)54-44(48(52)56)42(34-19-7-2-8-20-34)50-46(54)36-23-11-4-12-24-36/h1-28H,29-32H2. The van der Waals surface area contributed by atoms with Crippen LogP contribution in [0.15, 0.2) is 179 Å². The van der Waals surface area contributed by atoms with Crippen LogP contribution >= 0.6 is 0 Å². The van der Waals surface area contributed by atoms with Crippen LogP contribution < -0.4 is 11.1 Å². The van der Waals surface area contributed by atoms with Crippen LogP contribution in [-0.2, 0) is 17.8 Å². The van der Waals surface area contributed by atoms with Gasteiger partial charge in [-0.05, 0) is 24.3 Å². The molecule has 0 saturated carbocycles. The SMILES string of the molecule is O=c1c2c(-c3ccccc3)nc(-c3ccccc3)n2c2ccccc2n1CCOCCn1c(=O)c2c(-c3ccccc3)nc(-c3ccccc3)n2c2ccccc21. The molecule has 0 amide bonds. The van der Waals surface area contributed by atoms with Gasteiger partial charge in [-0.15, -0.1) is 0 Å². The van der Waals surface area contributed by atoms with Crippen molar-refractivity contribution < 1.29 is 4.74 Å². The third kappa shape index (κ3) is 5.84. The van der Waals surface area contributed by atoms with Gasteiger partial charge in [0.2, 0.25) is 0 Å². The molecule has 0 aliphatic rings. The molecule has 6 aromatic carbocycles. The van der Waals surface area contributed by atoms with Crippen molar-refractivity contribution in [2.45, 2.75) is 13.1 Å². The van der Waals surface area contributed by atoms with Gasteiger partial charge < -0.3 is 13.9 Å². The summed E-state index contributed by atoms with van der Waals surface area (Å²) in [5.41, 5.74) is 8.86. The summed E-state index contributed by atoms with van der Waals surface area (Å²) < 4.78 is 13.8. The Hall–Kier alpha value is -7.36. The Kier molecular flexibility index (Phi) is 8.61. The molecule has 4 heterocycles. The minimum Gasteiger partial charge on any atom is -0.378 e. The monoisotopic (exact) mass is 744 g/mol. The van der Waals surface area contributed by atoms with Gasteiger partial charge in [0.15, 0.2) is 0 Å². The second kappa shape index (κ2) is 14.4. The van der Waals surface area contributed by atoms with Gasteiger partial charge in [-0.3, -0.25) is 18.4 Å². The molecule has 0 N–H and O–H groups in total. The zero-order valence-electron chi connectivity index (χ0n) is 30.9. The van der Waals surface area contributed by atoms with Crippen LogP contribution in [0.4, 0.5) is 0 Å². The van der Waals surface area contributed by atoms with Crippen molar-refractivity contribution in [2.75, 3.05) is 13.2 Å². The zero-order chi connectivity index (χ0) is 38.3. The Bertz CT molecular complexity index is 2970. The molecule has 57 heavy (non-hydrogen) atoms. The summed E-state index contributed by atoms with van der Waals surface area (Å²) in [5.74, 6) is 1.42. The fraction of sp³-hybridized carbons (Fsp3) is 0.0833. The van der Waals surface area contributed by atoms with Crippen LogP contribution in [0.1, 0.15) is 0 Å². The lowest BCUT2D eigenvalue weighted by Crippen LogP contribution is -2.27. The number of hydrogen-bond acceptors (Lipinski definition) is 5. The van der Waals surface area contributed by atoms with Crippen molar-refractivity contribution in [3.8, 4) is 45.3 Å². The minimum atomic E-state index is -0.151. The first-order valence-corrected chi connectivity index (χ1v) is 19.0. The fourth-order valence-electron chi connectivity index (χ4n) is 7.96. The quantitative estimate of drug-likeness (QED) is 0.131. The van der Waals surface area contributed by atoms with Crippen molar-refractivity contribution >= 4 is 33.1 Å². The molecule has 0 atom stereocenters. The number of rotatable bonds is 10. The Morgan fingerprint density at radius 3 is 1.07 bits per heavy atom. The molecule has 0 radical (unpaired) electrons. The van der Waals surface area contributed by atoms with Crippen molar-refractivity contribution in [3.05, 3.63) is 191 Å². The molecule has 0 unspecified atom stereocenters. The van der Waals surface area contributed by atoms with Gasteiger partial charge in [0.25, 0.3) is 11.1 Å². The number of benzene rings is 6. The largest absolute Gasteiger partial charge is 0.378 e. The van der Waals surface area contributed by atoms with Gasteiger partial charge in [0.05, 0.1) is 35.3 Å². The van der Waals surface area contributed by atoms with Crippen LogP contribution in [0.2, 0.25) is 0 Å². The lowest BCUT2D eigenvalue weighted by Gasteiger charge is -2.15. The van der Waals surface area contributed by atoms with E-state index in [9.17, 15) is 9.59 Å². The van der Waals surface area contributed by atoms with Gasteiger partial charge in [0.1, 0.15) is 34.1 Å². The lowest BCUT2D eigenvalue weighted by atomic mass is 10.1. The summed E-state index contributed by atoms with van der Waals surface area (Å²) in [4.78, 5) is 39.5. The normalized spacial score (nSPS) is 11.6. The highest BCUT2D eigenvalue weighted by Gasteiger charge is 2.23. The average Bonchev–Trinajstić information content (AvgIpc) is 3.88. The Balaban J connectivity index is 1.01. The summed E-state index contributed by atoms with van der Waals surface area (Å²) in [6, 6.07) is 55.4. The van der Waals surface area contributed by atoms with E-state index in [2.05, 4.69) is 0 Å². The van der Waals surface area contributed by atoms with E-state index in [-0.39, 0.29) is 24.3 Å². The highest BCUT2D eigenvalue weighted by atomic mass is 16.5. The number of hydrogen-bond donors (Lipinski definition) is 0. The fourth-order valence-corrected chi connectivity index (χ4v) is 7.96. The van der Waals surface area contributed by atoms with Crippen molar-refractivity contribution in [1.29, 1.82) is 0 Å².